The van der Waals surface area contributed by atoms with Crippen LogP contribution in [0.1, 0.15) is 41.6 Å². The summed E-state index contributed by atoms with van der Waals surface area (Å²) in [7, 11) is 0. The molecule has 2 aromatic heterocycles. The number of aromatic amines is 1. The van der Waals surface area contributed by atoms with Crippen LogP contribution in [-0.4, -0.2) is 29.0 Å². The Morgan fingerprint density at radius 1 is 1.21 bits per heavy atom. The van der Waals surface area contributed by atoms with Gasteiger partial charge >= 0.3 is 0 Å². The van der Waals surface area contributed by atoms with Gasteiger partial charge in [0.05, 0.1) is 21.8 Å². The lowest BCUT2D eigenvalue weighted by atomic mass is 9.81. The summed E-state index contributed by atoms with van der Waals surface area (Å²) in [5, 5.41) is 5.74. The highest BCUT2D eigenvalue weighted by molar-refractivity contribution is 14.1. The molecule has 34 heavy (non-hydrogen) atoms. The van der Waals surface area contributed by atoms with E-state index in [-0.39, 0.29) is 5.91 Å². The van der Waals surface area contributed by atoms with Gasteiger partial charge in [0.1, 0.15) is 0 Å². The number of benzene rings is 2. The Kier molecular flexibility index (Phi) is 6.82. The van der Waals surface area contributed by atoms with Crippen molar-refractivity contribution in [3.63, 3.8) is 0 Å². The number of fused-ring (bicyclic) bond motifs is 2. The molecule has 0 aliphatic heterocycles. The van der Waals surface area contributed by atoms with Gasteiger partial charge in [0.2, 0.25) is 0 Å². The Balaban J connectivity index is 1.54. The molecule has 1 amide bonds. The minimum atomic E-state index is -0.0716. The quantitative estimate of drug-likeness (QED) is 0.235. The summed E-state index contributed by atoms with van der Waals surface area (Å²) < 4.78 is 0.899. The minimum Gasteiger partial charge on any atom is -0.360 e. The van der Waals surface area contributed by atoms with E-state index in [0.29, 0.717) is 29.0 Å². The van der Waals surface area contributed by atoms with E-state index in [2.05, 4.69) is 58.0 Å². The summed E-state index contributed by atoms with van der Waals surface area (Å²) in [5.41, 5.74) is 11.2. The molecule has 2 unspecified atom stereocenters. The van der Waals surface area contributed by atoms with Crippen LogP contribution in [0.25, 0.3) is 33.1 Å². The van der Waals surface area contributed by atoms with E-state index < -0.39 is 0 Å². The lowest BCUT2D eigenvalue weighted by Gasteiger charge is -2.28. The number of amides is 1. The first-order valence-corrected chi connectivity index (χ1v) is 13.2. The molecule has 5 nitrogen and oxygen atoms in total. The predicted octanol–water partition coefficient (Wildman–Crippen LogP) is 6.44. The molecule has 0 bridgehead atoms. The fourth-order valence-corrected chi connectivity index (χ4v) is 5.75. The Labute approximate surface area is 218 Å². The van der Waals surface area contributed by atoms with Gasteiger partial charge in [-0.1, -0.05) is 29.7 Å². The molecule has 7 heteroatoms. The smallest absolute Gasteiger partial charge is 0.252 e. The van der Waals surface area contributed by atoms with Crippen molar-refractivity contribution < 1.29 is 4.79 Å². The number of hydrogen-bond acceptors (Lipinski definition) is 3. The van der Waals surface area contributed by atoms with E-state index in [9.17, 15) is 4.79 Å². The summed E-state index contributed by atoms with van der Waals surface area (Å²) in [6.45, 7) is 3.47. The van der Waals surface area contributed by atoms with E-state index in [1.54, 1.807) is 0 Å². The fourth-order valence-electron chi connectivity index (χ4n) is 5.13. The van der Waals surface area contributed by atoms with Gasteiger partial charge in [-0.2, -0.15) is 0 Å². The number of halogens is 2. The zero-order valence-corrected chi connectivity index (χ0v) is 22.0. The summed E-state index contributed by atoms with van der Waals surface area (Å²) in [5.74, 6) is 0.973. The number of aromatic nitrogens is 2. The van der Waals surface area contributed by atoms with Crippen LogP contribution in [0.5, 0.6) is 0 Å². The SMILES string of the molecule is Cc1ccc2[nH]cc(-c3cc(C(=O)NCC4CCCC(CN)C4)c4cc(I)c(Cl)cc4n3)c2c1. The first kappa shape index (κ1) is 23.6. The van der Waals surface area contributed by atoms with Gasteiger partial charge in [-0.3, -0.25) is 4.79 Å². The van der Waals surface area contributed by atoms with E-state index >= 15 is 0 Å². The monoisotopic (exact) mass is 586 g/mol. The van der Waals surface area contributed by atoms with Crippen molar-refractivity contribution in [1.29, 1.82) is 0 Å². The van der Waals surface area contributed by atoms with Crippen LogP contribution in [-0.2, 0) is 0 Å². The number of carbonyl (C=O) groups is 1. The number of H-pyrrole nitrogens is 1. The molecule has 1 fully saturated rings. The third-order valence-corrected chi connectivity index (χ3v) is 8.51. The molecule has 0 spiro atoms. The molecule has 1 saturated carbocycles. The Bertz CT molecular complexity index is 1380. The molecule has 4 N–H and O–H groups in total. The molecular formula is C27H28ClIN4O. The minimum absolute atomic E-state index is 0.0716. The molecule has 4 aromatic rings. The maximum Gasteiger partial charge on any atom is 0.252 e. The molecular weight excluding hydrogens is 559 g/mol. The van der Waals surface area contributed by atoms with Gasteiger partial charge < -0.3 is 16.0 Å². The highest BCUT2D eigenvalue weighted by atomic mass is 127. The zero-order valence-electron chi connectivity index (χ0n) is 19.1. The van der Waals surface area contributed by atoms with Gasteiger partial charge in [0.25, 0.3) is 5.91 Å². The van der Waals surface area contributed by atoms with Crippen molar-refractivity contribution in [3.8, 4) is 11.3 Å². The Morgan fingerprint density at radius 2 is 2.03 bits per heavy atom. The molecule has 2 aromatic carbocycles. The summed E-state index contributed by atoms with van der Waals surface area (Å²) in [4.78, 5) is 21.7. The topological polar surface area (TPSA) is 83.8 Å². The average Bonchev–Trinajstić information content (AvgIpc) is 3.26. The second kappa shape index (κ2) is 9.84. The van der Waals surface area contributed by atoms with Crippen molar-refractivity contribution in [2.45, 2.75) is 32.6 Å². The average molecular weight is 587 g/mol. The Hall–Kier alpha value is -2.16. The molecule has 176 valence electrons. The van der Waals surface area contributed by atoms with Gasteiger partial charge in [-0.15, -0.1) is 0 Å². The van der Waals surface area contributed by atoms with Crippen LogP contribution in [0, 0.1) is 22.3 Å². The largest absolute Gasteiger partial charge is 0.360 e. The van der Waals surface area contributed by atoms with E-state index in [1.165, 1.54) is 18.4 Å². The van der Waals surface area contributed by atoms with Crippen LogP contribution in [0.4, 0.5) is 0 Å². The molecule has 2 heterocycles. The number of rotatable bonds is 5. The first-order valence-electron chi connectivity index (χ1n) is 11.8. The van der Waals surface area contributed by atoms with Gasteiger partial charge in [-0.25, -0.2) is 4.98 Å². The normalized spacial score (nSPS) is 18.5. The third kappa shape index (κ3) is 4.68. The second-order valence-corrected chi connectivity index (χ2v) is 11.0. The van der Waals surface area contributed by atoms with Crippen LogP contribution >= 0.6 is 34.2 Å². The number of nitrogens with two attached hydrogens (primary N) is 1. The van der Waals surface area contributed by atoms with E-state index in [4.69, 9.17) is 22.3 Å². The number of nitrogens with one attached hydrogen (secondary N) is 2. The number of pyridine rings is 1. The summed E-state index contributed by atoms with van der Waals surface area (Å²) >= 11 is 8.64. The standard InChI is InChI=1S/C27H28ClIN4O/c1-15-5-6-24-18(7-15)21(14-31-24)25-10-20(19-9-23(29)22(28)11-26(19)33-25)27(34)32-13-17-4-2-3-16(8-17)12-30/h5-7,9-11,14,16-17,31H,2-4,8,12-13,30H2,1H3,(H,32,34). The molecule has 2 atom stereocenters. The molecule has 5 rings (SSSR count). The number of hydrogen-bond donors (Lipinski definition) is 3. The van der Waals surface area contributed by atoms with Crippen molar-refractivity contribution >= 4 is 61.9 Å². The molecule has 0 radical (unpaired) electrons. The Morgan fingerprint density at radius 3 is 2.85 bits per heavy atom. The van der Waals surface area contributed by atoms with Crippen LogP contribution in [0.2, 0.25) is 5.02 Å². The van der Waals surface area contributed by atoms with E-state index in [1.807, 2.05) is 24.4 Å². The number of nitrogens with zero attached hydrogens (tertiary/aromatic N) is 1. The summed E-state index contributed by atoms with van der Waals surface area (Å²) in [6.07, 6.45) is 6.57. The number of aryl methyl sites for hydroxylation is 1. The highest BCUT2D eigenvalue weighted by Crippen LogP contribution is 2.34. The van der Waals surface area contributed by atoms with Gasteiger partial charge in [-0.05, 0) is 97.5 Å². The molecule has 1 aliphatic rings. The fraction of sp³-hybridized carbons (Fsp3) is 0.333. The van der Waals surface area contributed by atoms with Gasteiger partial charge in [0, 0.05) is 38.2 Å². The lowest BCUT2D eigenvalue weighted by molar-refractivity contribution is 0.0942. The van der Waals surface area contributed by atoms with Crippen molar-refractivity contribution in [2.24, 2.45) is 17.6 Å². The van der Waals surface area contributed by atoms with Crippen molar-refractivity contribution in [2.75, 3.05) is 13.1 Å². The van der Waals surface area contributed by atoms with Crippen molar-refractivity contribution in [3.05, 3.63) is 62.3 Å². The van der Waals surface area contributed by atoms with Crippen LogP contribution in [0.15, 0.2) is 42.6 Å². The third-order valence-electron chi connectivity index (χ3n) is 6.98. The maximum absolute atomic E-state index is 13.5. The van der Waals surface area contributed by atoms with Crippen molar-refractivity contribution in [1.82, 2.24) is 15.3 Å². The molecule has 1 aliphatic carbocycles. The van der Waals surface area contributed by atoms with E-state index in [0.717, 1.165) is 56.0 Å². The first-order chi connectivity index (χ1) is 16.4. The number of carbonyl (C=O) groups excluding carboxylic acids is 1. The zero-order chi connectivity index (χ0) is 23.8. The maximum atomic E-state index is 13.5. The summed E-state index contributed by atoms with van der Waals surface area (Å²) in [6, 6.07) is 12.0. The highest BCUT2D eigenvalue weighted by Gasteiger charge is 2.23. The second-order valence-electron chi connectivity index (χ2n) is 9.43. The molecule has 0 saturated heterocycles. The lowest BCUT2D eigenvalue weighted by Crippen LogP contribution is -2.33. The predicted molar refractivity (Wildman–Crippen MR) is 148 cm³/mol. The van der Waals surface area contributed by atoms with Crippen LogP contribution in [0.3, 0.4) is 0 Å². The van der Waals surface area contributed by atoms with Crippen LogP contribution < -0.4 is 11.1 Å². The van der Waals surface area contributed by atoms with Gasteiger partial charge in [0.15, 0.2) is 0 Å².